The summed E-state index contributed by atoms with van der Waals surface area (Å²) in [6, 6.07) is 7.66. The summed E-state index contributed by atoms with van der Waals surface area (Å²) in [7, 11) is 0. The molecule has 2 aliphatic heterocycles. The van der Waals surface area contributed by atoms with Crippen molar-refractivity contribution in [2.45, 2.75) is 12.5 Å². The van der Waals surface area contributed by atoms with Crippen molar-refractivity contribution in [1.82, 2.24) is 10.2 Å². The predicted molar refractivity (Wildman–Crippen MR) is 77.7 cm³/mol. The van der Waals surface area contributed by atoms with Gasteiger partial charge in [-0.25, -0.2) is 0 Å². The molecule has 20 heavy (non-hydrogen) atoms. The average Bonchev–Trinajstić information content (AvgIpc) is 2.43. The van der Waals surface area contributed by atoms with Gasteiger partial charge in [-0.3, -0.25) is 4.79 Å². The molecule has 2 heterocycles. The highest BCUT2D eigenvalue weighted by molar-refractivity contribution is 6.30. The summed E-state index contributed by atoms with van der Waals surface area (Å²) >= 11 is 5.90. The fraction of sp³-hybridized carbons (Fsp3) is 0.533. The van der Waals surface area contributed by atoms with Crippen LogP contribution in [0.5, 0.6) is 0 Å². The molecule has 0 radical (unpaired) electrons. The summed E-state index contributed by atoms with van der Waals surface area (Å²) in [6.07, 6.45) is 0.616. The van der Waals surface area contributed by atoms with Gasteiger partial charge in [-0.2, -0.15) is 0 Å². The third kappa shape index (κ3) is 3.14. The summed E-state index contributed by atoms with van der Waals surface area (Å²) in [6.45, 7) is 3.87. The van der Waals surface area contributed by atoms with E-state index in [9.17, 15) is 4.79 Å². The zero-order valence-corrected chi connectivity index (χ0v) is 12.1. The van der Waals surface area contributed by atoms with Gasteiger partial charge in [-0.15, -0.1) is 0 Å². The van der Waals surface area contributed by atoms with Crippen molar-refractivity contribution in [1.29, 1.82) is 0 Å². The zero-order valence-electron chi connectivity index (χ0n) is 11.3. The molecule has 1 unspecified atom stereocenters. The van der Waals surface area contributed by atoms with E-state index in [1.807, 2.05) is 29.2 Å². The van der Waals surface area contributed by atoms with Crippen LogP contribution in [0.4, 0.5) is 0 Å². The van der Waals surface area contributed by atoms with Crippen LogP contribution in [0.15, 0.2) is 24.3 Å². The molecule has 2 aliphatic rings. The Morgan fingerprint density at radius 1 is 1.35 bits per heavy atom. The lowest BCUT2D eigenvalue weighted by Crippen LogP contribution is -2.47. The monoisotopic (exact) mass is 294 g/mol. The van der Waals surface area contributed by atoms with Gasteiger partial charge in [0.2, 0.25) is 5.91 Å². The van der Waals surface area contributed by atoms with Crippen molar-refractivity contribution in [3.8, 4) is 0 Å². The number of amides is 1. The maximum Gasteiger partial charge on any atom is 0.223 e. The fourth-order valence-electron chi connectivity index (χ4n) is 2.62. The number of halogens is 1. The molecule has 0 bridgehead atoms. The quantitative estimate of drug-likeness (QED) is 0.925. The lowest BCUT2D eigenvalue weighted by atomic mass is 9.98. The number of carbonyl (C=O) groups is 1. The molecule has 3 rings (SSSR count). The third-order valence-electron chi connectivity index (χ3n) is 3.99. The Balaban J connectivity index is 1.60. The number of carbonyl (C=O) groups excluding carboxylic acids is 1. The predicted octanol–water partition coefficient (Wildman–Crippen LogP) is 1.85. The van der Waals surface area contributed by atoms with Crippen LogP contribution in [-0.2, 0) is 9.53 Å². The summed E-state index contributed by atoms with van der Waals surface area (Å²) in [5, 5.41) is 3.92. The van der Waals surface area contributed by atoms with Crippen molar-refractivity contribution >= 4 is 17.5 Å². The van der Waals surface area contributed by atoms with Gasteiger partial charge in [0, 0.05) is 18.0 Å². The molecule has 1 aromatic rings. The maximum absolute atomic E-state index is 12.3. The number of rotatable bonds is 3. The smallest absolute Gasteiger partial charge is 0.223 e. The summed E-state index contributed by atoms with van der Waals surface area (Å²) in [5.74, 6) is 0.762. The molecule has 108 valence electrons. The van der Waals surface area contributed by atoms with Crippen molar-refractivity contribution < 1.29 is 9.53 Å². The molecule has 1 N–H and O–H groups in total. The topological polar surface area (TPSA) is 41.6 Å². The molecule has 0 aliphatic carbocycles. The Morgan fingerprint density at radius 3 is 2.75 bits per heavy atom. The third-order valence-corrected chi connectivity index (χ3v) is 4.24. The number of hydrogen-bond donors (Lipinski definition) is 1. The van der Waals surface area contributed by atoms with Gasteiger partial charge in [0.05, 0.1) is 13.2 Å². The van der Waals surface area contributed by atoms with E-state index < -0.39 is 0 Å². The SMILES string of the molecule is O=C(CC1CNC1)N1CCOC(c2ccc(Cl)cc2)C1. The molecule has 1 aromatic carbocycles. The number of ether oxygens (including phenoxy) is 1. The second-order valence-electron chi connectivity index (χ2n) is 5.48. The molecule has 0 saturated carbocycles. The normalized spacial score (nSPS) is 23.4. The van der Waals surface area contributed by atoms with Crippen LogP contribution < -0.4 is 5.32 Å². The van der Waals surface area contributed by atoms with E-state index in [0.29, 0.717) is 32.0 Å². The van der Waals surface area contributed by atoms with Crippen LogP contribution in [0, 0.1) is 5.92 Å². The largest absolute Gasteiger partial charge is 0.370 e. The van der Waals surface area contributed by atoms with E-state index in [-0.39, 0.29) is 12.0 Å². The summed E-state index contributed by atoms with van der Waals surface area (Å²) < 4.78 is 5.78. The number of nitrogens with zero attached hydrogens (tertiary/aromatic N) is 1. The second-order valence-corrected chi connectivity index (χ2v) is 5.92. The Kier molecular flexibility index (Phi) is 4.24. The van der Waals surface area contributed by atoms with Gasteiger partial charge in [0.1, 0.15) is 6.10 Å². The molecular formula is C15H19ClN2O2. The Bertz CT molecular complexity index is 473. The van der Waals surface area contributed by atoms with Crippen LogP contribution in [0.3, 0.4) is 0 Å². The minimum absolute atomic E-state index is 0.0375. The van der Waals surface area contributed by atoms with Gasteiger partial charge in [0.15, 0.2) is 0 Å². The molecule has 0 spiro atoms. The summed E-state index contributed by atoms with van der Waals surface area (Å²) in [4.78, 5) is 14.2. The van der Waals surface area contributed by atoms with Crippen molar-refractivity contribution in [2.24, 2.45) is 5.92 Å². The van der Waals surface area contributed by atoms with Crippen molar-refractivity contribution in [2.75, 3.05) is 32.8 Å². The van der Waals surface area contributed by atoms with Crippen LogP contribution >= 0.6 is 11.6 Å². The minimum Gasteiger partial charge on any atom is -0.370 e. The molecule has 2 saturated heterocycles. The van der Waals surface area contributed by atoms with E-state index in [0.717, 1.165) is 23.7 Å². The van der Waals surface area contributed by atoms with Crippen LogP contribution in [0.1, 0.15) is 18.1 Å². The Labute approximate surface area is 124 Å². The molecule has 1 amide bonds. The van der Waals surface area contributed by atoms with Gasteiger partial charge in [-0.1, -0.05) is 23.7 Å². The Hall–Kier alpha value is -1.10. The van der Waals surface area contributed by atoms with E-state index in [1.165, 1.54) is 0 Å². The van der Waals surface area contributed by atoms with E-state index >= 15 is 0 Å². The minimum atomic E-state index is -0.0375. The van der Waals surface area contributed by atoms with Gasteiger partial charge in [0.25, 0.3) is 0 Å². The number of benzene rings is 1. The highest BCUT2D eigenvalue weighted by Gasteiger charge is 2.28. The lowest BCUT2D eigenvalue weighted by molar-refractivity contribution is -0.140. The van der Waals surface area contributed by atoms with E-state index in [1.54, 1.807) is 0 Å². The standard InChI is InChI=1S/C15H19ClN2O2/c16-13-3-1-12(2-4-13)14-10-18(5-6-20-14)15(19)7-11-8-17-9-11/h1-4,11,14,17H,5-10H2. The number of hydrogen-bond acceptors (Lipinski definition) is 3. The number of morpholine rings is 1. The molecule has 0 aromatic heterocycles. The Morgan fingerprint density at radius 2 is 2.10 bits per heavy atom. The number of nitrogens with one attached hydrogen (secondary N) is 1. The molecule has 4 nitrogen and oxygen atoms in total. The second kappa shape index (κ2) is 6.12. The first kappa shape index (κ1) is 13.9. The van der Waals surface area contributed by atoms with Crippen LogP contribution in [-0.4, -0.2) is 43.6 Å². The highest BCUT2D eigenvalue weighted by Crippen LogP contribution is 2.24. The fourth-order valence-corrected chi connectivity index (χ4v) is 2.75. The van der Waals surface area contributed by atoms with Crippen molar-refractivity contribution in [3.63, 3.8) is 0 Å². The van der Waals surface area contributed by atoms with Gasteiger partial charge >= 0.3 is 0 Å². The van der Waals surface area contributed by atoms with E-state index in [2.05, 4.69) is 5.32 Å². The zero-order chi connectivity index (χ0) is 13.9. The van der Waals surface area contributed by atoms with E-state index in [4.69, 9.17) is 16.3 Å². The van der Waals surface area contributed by atoms with Gasteiger partial charge in [-0.05, 0) is 36.7 Å². The van der Waals surface area contributed by atoms with Crippen molar-refractivity contribution in [3.05, 3.63) is 34.9 Å². The first-order valence-electron chi connectivity index (χ1n) is 7.08. The molecule has 5 heteroatoms. The highest BCUT2D eigenvalue weighted by atomic mass is 35.5. The van der Waals surface area contributed by atoms with Crippen LogP contribution in [0.25, 0.3) is 0 Å². The first-order chi connectivity index (χ1) is 9.72. The summed E-state index contributed by atoms with van der Waals surface area (Å²) in [5.41, 5.74) is 1.08. The maximum atomic E-state index is 12.3. The first-order valence-corrected chi connectivity index (χ1v) is 7.46. The molecule has 2 fully saturated rings. The lowest BCUT2D eigenvalue weighted by Gasteiger charge is -2.35. The van der Waals surface area contributed by atoms with Crippen LogP contribution in [0.2, 0.25) is 5.02 Å². The average molecular weight is 295 g/mol. The molecule has 1 atom stereocenters. The van der Waals surface area contributed by atoms with Gasteiger partial charge < -0.3 is 15.0 Å². The molecular weight excluding hydrogens is 276 g/mol.